The Labute approximate surface area is 112 Å². The van der Waals surface area contributed by atoms with Crippen molar-refractivity contribution in [1.29, 1.82) is 0 Å². The first kappa shape index (κ1) is 15.8. The fraction of sp³-hybridized carbons (Fsp3) is 0.923. The summed E-state index contributed by atoms with van der Waals surface area (Å²) in [5, 5.41) is 0. The monoisotopic (exact) mass is 273 g/mol. The van der Waals surface area contributed by atoms with Crippen molar-refractivity contribution in [3.05, 3.63) is 0 Å². The molecule has 0 spiro atoms. The van der Waals surface area contributed by atoms with Gasteiger partial charge in [-0.1, -0.05) is 6.42 Å². The molecule has 4 nitrogen and oxygen atoms in total. The predicted octanol–water partition coefficient (Wildman–Crippen LogP) is 2.11. The molecule has 5 heteroatoms. The molecular weight excluding hydrogens is 246 g/mol. The quantitative estimate of drug-likeness (QED) is 0.501. The van der Waals surface area contributed by atoms with Gasteiger partial charge in [0.2, 0.25) is 0 Å². The zero-order chi connectivity index (χ0) is 13.4. The Hall–Kier alpha value is -0.233. The third kappa shape index (κ3) is 4.15. The molecule has 1 saturated heterocycles. The van der Waals surface area contributed by atoms with E-state index in [1.807, 2.05) is 13.8 Å². The maximum atomic E-state index is 11.0. The molecule has 1 aliphatic heterocycles. The SMILES string of the molecule is CCO[Si](C)(OCC)C(CC=O)N1CCCCC1. The zero-order valence-corrected chi connectivity index (χ0v) is 13.0. The van der Waals surface area contributed by atoms with E-state index >= 15 is 0 Å². The predicted molar refractivity (Wildman–Crippen MR) is 74.8 cm³/mol. The van der Waals surface area contributed by atoms with Crippen LogP contribution in [0.1, 0.15) is 39.5 Å². The van der Waals surface area contributed by atoms with Gasteiger partial charge in [0, 0.05) is 19.6 Å². The Morgan fingerprint density at radius 1 is 1.17 bits per heavy atom. The number of aldehydes is 1. The summed E-state index contributed by atoms with van der Waals surface area (Å²) in [6, 6.07) is 0. The summed E-state index contributed by atoms with van der Waals surface area (Å²) in [7, 11) is -2.29. The van der Waals surface area contributed by atoms with Gasteiger partial charge in [-0.2, -0.15) is 0 Å². The van der Waals surface area contributed by atoms with E-state index in [1.165, 1.54) is 19.3 Å². The van der Waals surface area contributed by atoms with Gasteiger partial charge in [-0.05, 0) is 46.3 Å². The molecule has 0 saturated carbocycles. The van der Waals surface area contributed by atoms with E-state index in [0.29, 0.717) is 19.6 Å². The van der Waals surface area contributed by atoms with E-state index in [0.717, 1.165) is 19.4 Å². The maximum absolute atomic E-state index is 11.0. The van der Waals surface area contributed by atoms with Crippen LogP contribution in [0.15, 0.2) is 0 Å². The maximum Gasteiger partial charge on any atom is 0.353 e. The van der Waals surface area contributed by atoms with Crippen LogP contribution in [0.4, 0.5) is 0 Å². The molecule has 1 atom stereocenters. The molecule has 0 aromatic carbocycles. The Morgan fingerprint density at radius 3 is 2.17 bits per heavy atom. The second-order valence-electron chi connectivity index (χ2n) is 4.90. The highest BCUT2D eigenvalue weighted by Gasteiger charge is 2.44. The van der Waals surface area contributed by atoms with E-state index in [-0.39, 0.29) is 5.67 Å². The van der Waals surface area contributed by atoms with Crippen molar-refractivity contribution in [1.82, 2.24) is 4.90 Å². The van der Waals surface area contributed by atoms with Crippen LogP contribution in [0, 0.1) is 0 Å². The van der Waals surface area contributed by atoms with Crippen molar-refractivity contribution in [2.45, 2.75) is 51.7 Å². The molecular formula is C13H27NO3Si. The van der Waals surface area contributed by atoms with Crippen LogP contribution in [-0.2, 0) is 13.6 Å². The third-order valence-electron chi connectivity index (χ3n) is 3.62. The molecule has 0 N–H and O–H groups in total. The lowest BCUT2D eigenvalue weighted by Crippen LogP contribution is -2.60. The molecule has 1 heterocycles. The Bertz CT molecular complexity index is 238. The lowest BCUT2D eigenvalue weighted by molar-refractivity contribution is -0.108. The van der Waals surface area contributed by atoms with Crippen molar-refractivity contribution < 1.29 is 13.6 Å². The summed E-state index contributed by atoms with van der Waals surface area (Å²) in [6.45, 7) is 9.56. The van der Waals surface area contributed by atoms with E-state index in [1.54, 1.807) is 0 Å². The van der Waals surface area contributed by atoms with E-state index in [4.69, 9.17) is 8.85 Å². The number of likely N-dealkylation sites (tertiary alicyclic amines) is 1. The van der Waals surface area contributed by atoms with Gasteiger partial charge in [-0.15, -0.1) is 0 Å². The Morgan fingerprint density at radius 2 is 1.72 bits per heavy atom. The van der Waals surface area contributed by atoms with E-state index in [9.17, 15) is 4.79 Å². The van der Waals surface area contributed by atoms with E-state index in [2.05, 4.69) is 11.4 Å². The van der Waals surface area contributed by atoms with Crippen molar-refractivity contribution in [3.63, 3.8) is 0 Å². The molecule has 0 aliphatic carbocycles. The average Bonchev–Trinajstić information content (AvgIpc) is 2.37. The number of hydrogen-bond donors (Lipinski definition) is 0. The van der Waals surface area contributed by atoms with E-state index < -0.39 is 8.56 Å². The van der Waals surface area contributed by atoms with Gasteiger partial charge >= 0.3 is 8.56 Å². The molecule has 0 radical (unpaired) electrons. The standard InChI is InChI=1S/C13H27NO3Si/c1-4-16-18(3,17-5-2)13(9-12-15)14-10-7-6-8-11-14/h12-13H,4-11H2,1-3H3. The first-order valence-electron chi connectivity index (χ1n) is 7.13. The minimum absolute atomic E-state index is 0.162. The molecule has 1 unspecified atom stereocenters. The number of nitrogens with zero attached hydrogens (tertiary/aromatic N) is 1. The number of hydrogen-bond acceptors (Lipinski definition) is 4. The summed E-state index contributed by atoms with van der Waals surface area (Å²) in [5.74, 6) is 0. The van der Waals surface area contributed by atoms with Crippen LogP contribution in [0.5, 0.6) is 0 Å². The molecule has 1 aliphatic rings. The summed E-state index contributed by atoms with van der Waals surface area (Å²) >= 11 is 0. The van der Waals surface area contributed by atoms with Crippen LogP contribution in [0.25, 0.3) is 0 Å². The topological polar surface area (TPSA) is 38.8 Å². The zero-order valence-electron chi connectivity index (χ0n) is 12.0. The minimum atomic E-state index is -2.29. The average molecular weight is 273 g/mol. The number of carbonyl (C=O) groups excluding carboxylic acids is 1. The van der Waals surface area contributed by atoms with Crippen LogP contribution in [-0.4, -0.2) is 51.7 Å². The third-order valence-corrected chi connectivity index (χ3v) is 7.15. The van der Waals surface area contributed by atoms with Crippen LogP contribution < -0.4 is 0 Å². The van der Waals surface area contributed by atoms with Gasteiger partial charge in [0.15, 0.2) is 0 Å². The Kier molecular flexibility index (Phi) is 7.07. The molecule has 0 aromatic heterocycles. The van der Waals surface area contributed by atoms with Gasteiger partial charge in [-0.3, -0.25) is 4.90 Å². The summed E-state index contributed by atoms with van der Waals surface area (Å²) < 4.78 is 11.9. The normalized spacial score (nSPS) is 19.7. The smallest absolute Gasteiger partial charge is 0.353 e. The van der Waals surface area contributed by atoms with Crippen molar-refractivity contribution in [2.75, 3.05) is 26.3 Å². The van der Waals surface area contributed by atoms with Gasteiger partial charge in [0.1, 0.15) is 6.29 Å². The van der Waals surface area contributed by atoms with Gasteiger partial charge in [-0.25, -0.2) is 0 Å². The second-order valence-corrected chi connectivity index (χ2v) is 8.17. The molecule has 1 fully saturated rings. The highest BCUT2D eigenvalue weighted by atomic mass is 28.4. The van der Waals surface area contributed by atoms with Gasteiger partial charge in [0.05, 0.1) is 5.67 Å². The van der Waals surface area contributed by atoms with Crippen LogP contribution >= 0.6 is 0 Å². The highest BCUT2D eigenvalue weighted by Crippen LogP contribution is 2.24. The number of piperidine rings is 1. The summed E-state index contributed by atoms with van der Waals surface area (Å²) in [5.41, 5.74) is 0.162. The highest BCUT2D eigenvalue weighted by molar-refractivity contribution is 6.67. The first-order chi connectivity index (χ1) is 8.68. The number of rotatable bonds is 8. The lowest BCUT2D eigenvalue weighted by atomic mass is 10.1. The lowest BCUT2D eigenvalue weighted by Gasteiger charge is -2.41. The van der Waals surface area contributed by atoms with Gasteiger partial charge in [0.25, 0.3) is 0 Å². The Balaban J connectivity index is 2.80. The first-order valence-corrected chi connectivity index (χ1v) is 9.53. The van der Waals surface area contributed by atoms with Crippen molar-refractivity contribution in [3.8, 4) is 0 Å². The molecule has 18 heavy (non-hydrogen) atoms. The minimum Gasteiger partial charge on any atom is -0.394 e. The molecule has 0 bridgehead atoms. The molecule has 1 rings (SSSR count). The summed E-state index contributed by atoms with van der Waals surface area (Å²) in [6.07, 6.45) is 5.29. The van der Waals surface area contributed by atoms with Gasteiger partial charge < -0.3 is 13.6 Å². The van der Waals surface area contributed by atoms with Crippen LogP contribution in [0.2, 0.25) is 6.55 Å². The van der Waals surface area contributed by atoms with Crippen molar-refractivity contribution >= 4 is 14.8 Å². The summed E-state index contributed by atoms with van der Waals surface area (Å²) in [4.78, 5) is 13.4. The fourth-order valence-corrected chi connectivity index (χ4v) is 5.88. The molecule has 0 aromatic rings. The van der Waals surface area contributed by atoms with Crippen LogP contribution in [0.3, 0.4) is 0 Å². The molecule has 106 valence electrons. The molecule has 0 amide bonds. The largest absolute Gasteiger partial charge is 0.394 e. The second kappa shape index (κ2) is 8.04. The number of carbonyl (C=O) groups is 1. The van der Waals surface area contributed by atoms with Crippen molar-refractivity contribution in [2.24, 2.45) is 0 Å². The fourth-order valence-electron chi connectivity index (χ4n) is 2.82.